The first-order valence-corrected chi connectivity index (χ1v) is 9.45. The number of ether oxygens (including phenoxy) is 1. The average Bonchev–Trinajstić information content (AvgIpc) is 2.69. The number of aromatic nitrogens is 2. The molecule has 1 fully saturated rings. The molecule has 1 aliphatic rings. The summed E-state index contributed by atoms with van der Waals surface area (Å²) in [5.74, 6) is 0.237. The van der Waals surface area contributed by atoms with Gasteiger partial charge in [0.25, 0.3) is 5.91 Å². The second-order valence-corrected chi connectivity index (χ2v) is 6.70. The molecule has 1 saturated heterocycles. The SMILES string of the molecule is CCOC(=O)C[C@H]1CCCCN1C(=O)c1cnc(C)nc1-c1ccccc1. The van der Waals surface area contributed by atoms with Crippen LogP contribution in [0.5, 0.6) is 0 Å². The first kappa shape index (κ1) is 19.0. The predicted octanol–water partition coefficient (Wildman–Crippen LogP) is 3.40. The molecule has 0 saturated carbocycles. The number of nitrogens with zero attached hydrogens (tertiary/aromatic N) is 3. The lowest BCUT2D eigenvalue weighted by Crippen LogP contribution is -2.45. The Morgan fingerprint density at radius 3 is 2.74 bits per heavy atom. The molecular weight excluding hydrogens is 342 g/mol. The minimum absolute atomic E-state index is 0.122. The maximum Gasteiger partial charge on any atom is 0.307 e. The van der Waals surface area contributed by atoms with Crippen molar-refractivity contribution >= 4 is 11.9 Å². The van der Waals surface area contributed by atoms with E-state index < -0.39 is 0 Å². The zero-order valence-electron chi connectivity index (χ0n) is 15.9. The number of hydrogen-bond donors (Lipinski definition) is 0. The van der Waals surface area contributed by atoms with Crippen molar-refractivity contribution in [1.82, 2.24) is 14.9 Å². The summed E-state index contributed by atoms with van der Waals surface area (Å²) in [7, 11) is 0. The minimum atomic E-state index is -0.259. The van der Waals surface area contributed by atoms with Gasteiger partial charge in [0.2, 0.25) is 0 Å². The minimum Gasteiger partial charge on any atom is -0.466 e. The molecule has 1 aliphatic heterocycles. The fourth-order valence-electron chi connectivity index (χ4n) is 3.49. The molecule has 6 nitrogen and oxygen atoms in total. The summed E-state index contributed by atoms with van der Waals surface area (Å²) < 4.78 is 5.09. The molecule has 1 amide bonds. The summed E-state index contributed by atoms with van der Waals surface area (Å²) in [5, 5.41) is 0. The van der Waals surface area contributed by atoms with Gasteiger partial charge in [-0.25, -0.2) is 9.97 Å². The Morgan fingerprint density at radius 2 is 2.00 bits per heavy atom. The third-order valence-corrected chi connectivity index (χ3v) is 4.78. The van der Waals surface area contributed by atoms with Crippen molar-refractivity contribution in [2.24, 2.45) is 0 Å². The highest BCUT2D eigenvalue weighted by Crippen LogP contribution is 2.27. The molecule has 1 aromatic heterocycles. The predicted molar refractivity (Wildman–Crippen MR) is 102 cm³/mol. The van der Waals surface area contributed by atoms with Crippen molar-refractivity contribution in [2.75, 3.05) is 13.2 Å². The molecular formula is C21H25N3O3. The number of carbonyl (C=O) groups excluding carboxylic acids is 2. The zero-order valence-corrected chi connectivity index (χ0v) is 15.9. The van der Waals surface area contributed by atoms with E-state index >= 15 is 0 Å². The van der Waals surface area contributed by atoms with Gasteiger partial charge in [0, 0.05) is 24.3 Å². The monoisotopic (exact) mass is 367 g/mol. The Balaban J connectivity index is 1.91. The second-order valence-electron chi connectivity index (χ2n) is 6.70. The van der Waals surface area contributed by atoms with Crippen LogP contribution in [0, 0.1) is 6.92 Å². The van der Waals surface area contributed by atoms with Crippen LogP contribution >= 0.6 is 0 Å². The highest BCUT2D eigenvalue weighted by Gasteiger charge is 2.31. The molecule has 27 heavy (non-hydrogen) atoms. The molecule has 2 heterocycles. The number of aryl methyl sites for hydroxylation is 1. The van der Waals surface area contributed by atoms with Crippen LogP contribution in [-0.2, 0) is 9.53 Å². The standard InChI is InChI=1S/C21H25N3O3/c1-3-27-19(25)13-17-11-7-8-12-24(17)21(26)18-14-22-15(2)23-20(18)16-9-5-4-6-10-16/h4-6,9-10,14,17H,3,7-8,11-13H2,1-2H3/t17-/m1/s1. The smallest absolute Gasteiger partial charge is 0.307 e. The van der Waals surface area contributed by atoms with E-state index in [2.05, 4.69) is 9.97 Å². The molecule has 6 heteroatoms. The molecule has 0 spiro atoms. The first-order chi connectivity index (χ1) is 13.1. The fourth-order valence-corrected chi connectivity index (χ4v) is 3.49. The van der Waals surface area contributed by atoms with Crippen molar-refractivity contribution < 1.29 is 14.3 Å². The fraction of sp³-hybridized carbons (Fsp3) is 0.429. The Bertz CT molecular complexity index is 808. The third-order valence-electron chi connectivity index (χ3n) is 4.78. The molecule has 142 valence electrons. The number of likely N-dealkylation sites (tertiary alicyclic amines) is 1. The molecule has 3 rings (SSSR count). The Labute approximate surface area is 159 Å². The van der Waals surface area contributed by atoms with Crippen molar-refractivity contribution in [2.45, 2.75) is 45.6 Å². The summed E-state index contributed by atoms with van der Waals surface area (Å²) >= 11 is 0. The number of piperidine rings is 1. The van der Waals surface area contributed by atoms with E-state index in [4.69, 9.17) is 4.74 Å². The van der Waals surface area contributed by atoms with Crippen LogP contribution in [0.2, 0.25) is 0 Å². The van der Waals surface area contributed by atoms with Crippen LogP contribution < -0.4 is 0 Å². The maximum absolute atomic E-state index is 13.3. The van der Waals surface area contributed by atoms with Crippen molar-refractivity contribution in [3.63, 3.8) is 0 Å². The number of benzene rings is 1. The Morgan fingerprint density at radius 1 is 1.22 bits per heavy atom. The van der Waals surface area contributed by atoms with Gasteiger partial charge in [-0.1, -0.05) is 30.3 Å². The molecule has 0 aliphatic carbocycles. The van der Waals surface area contributed by atoms with Crippen molar-refractivity contribution in [3.8, 4) is 11.3 Å². The largest absolute Gasteiger partial charge is 0.466 e. The van der Waals surface area contributed by atoms with E-state index in [-0.39, 0.29) is 24.3 Å². The molecule has 1 atom stereocenters. The summed E-state index contributed by atoms with van der Waals surface area (Å²) in [5.41, 5.74) is 1.99. The van der Waals surface area contributed by atoms with E-state index in [0.29, 0.717) is 30.2 Å². The lowest BCUT2D eigenvalue weighted by Gasteiger charge is -2.35. The summed E-state index contributed by atoms with van der Waals surface area (Å²) in [6, 6.07) is 9.50. The third kappa shape index (κ3) is 4.51. The lowest BCUT2D eigenvalue weighted by atomic mass is 9.97. The topological polar surface area (TPSA) is 72.4 Å². The van der Waals surface area contributed by atoms with Gasteiger partial charge in [-0.3, -0.25) is 9.59 Å². The van der Waals surface area contributed by atoms with E-state index in [1.54, 1.807) is 18.0 Å². The van der Waals surface area contributed by atoms with Gasteiger partial charge >= 0.3 is 5.97 Å². The van der Waals surface area contributed by atoms with Crippen LogP contribution in [-0.4, -0.2) is 45.9 Å². The van der Waals surface area contributed by atoms with Crippen molar-refractivity contribution in [3.05, 3.63) is 47.9 Å². The highest BCUT2D eigenvalue weighted by molar-refractivity contribution is 6.00. The van der Waals surface area contributed by atoms with Gasteiger partial charge in [0.05, 0.1) is 24.3 Å². The van der Waals surface area contributed by atoms with Crippen molar-refractivity contribution in [1.29, 1.82) is 0 Å². The molecule has 2 aromatic rings. The number of amides is 1. The van der Waals surface area contributed by atoms with Crippen LogP contribution in [0.25, 0.3) is 11.3 Å². The number of carbonyl (C=O) groups is 2. The molecule has 0 bridgehead atoms. The Kier molecular flexibility index (Phi) is 6.16. The van der Waals surface area contributed by atoms with E-state index in [1.807, 2.05) is 37.3 Å². The van der Waals surface area contributed by atoms with Crippen LogP contribution in [0.15, 0.2) is 36.5 Å². The number of hydrogen-bond acceptors (Lipinski definition) is 5. The molecule has 0 unspecified atom stereocenters. The van der Waals surface area contributed by atoms with Gasteiger partial charge in [-0.15, -0.1) is 0 Å². The summed E-state index contributed by atoms with van der Waals surface area (Å²) in [6.07, 6.45) is 4.57. The highest BCUT2D eigenvalue weighted by atomic mass is 16.5. The normalized spacial score (nSPS) is 16.8. The van der Waals surface area contributed by atoms with Crippen LogP contribution in [0.3, 0.4) is 0 Å². The second kappa shape index (κ2) is 8.75. The van der Waals surface area contributed by atoms with Gasteiger partial charge in [0.15, 0.2) is 0 Å². The van der Waals surface area contributed by atoms with Gasteiger partial charge < -0.3 is 9.64 Å². The quantitative estimate of drug-likeness (QED) is 0.758. The van der Waals surface area contributed by atoms with Gasteiger partial charge in [-0.2, -0.15) is 0 Å². The molecule has 1 aromatic carbocycles. The average molecular weight is 367 g/mol. The first-order valence-electron chi connectivity index (χ1n) is 9.45. The van der Waals surface area contributed by atoms with E-state index in [0.717, 1.165) is 24.8 Å². The van der Waals surface area contributed by atoms with Crippen LogP contribution in [0.4, 0.5) is 0 Å². The zero-order chi connectivity index (χ0) is 19.2. The van der Waals surface area contributed by atoms with E-state index in [1.165, 1.54) is 0 Å². The summed E-state index contributed by atoms with van der Waals surface area (Å²) in [4.78, 5) is 35.9. The number of esters is 1. The van der Waals surface area contributed by atoms with Gasteiger partial charge in [-0.05, 0) is 33.1 Å². The van der Waals surface area contributed by atoms with E-state index in [9.17, 15) is 9.59 Å². The lowest BCUT2D eigenvalue weighted by molar-refractivity contribution is -0.144. The molecule has 0 N–H and O–H groups in total. The summed E-state index contributed by atoms with van der Waals surface area (Å²) in [6.45, 7) is 4.58. The van der Waals surface area contributed by atoms with Gasteiger partial charge in [0.1, 0.15) is 5.82 Å². The number of rotatable bonds is 5. The molecule has 0 radical (unpaired) electrons. The maximum atomic E-state index is 13.3. The van der Waals surface area contributed by atoms with Crippen LogP contribution in [0.1, 0.15) is 48.8 Å². The Hall–Kier alpha value is -2.76.